The lowest BCUT2D eigenvalue weighted by molar-refractivity contribution is 0.338. The maximum absolute atomic E-state index is 11.6. The summed E-state index contributed by atoms with van der Waals surface area (Å²) < 4.78 is 12.2. The van der Waals surface area contributed by atoms with Gasteiger partial charge in [-0.15, -0.1) is 5.10 Å². The zero-order valence-corrected chi connectivity index (χ0v) is 11.7. The van der Waals surface area contributed by atoms with E-state index in [0.29, 0.717) is 29.8 Å². The Balaban J connectivity index is 2.00. The van der Waals surface area contributed by atoms with Crippen LogP contribution in [-0.2, 0) is 7.05 Å². The summed E-state index contributed by atoms with van der Waals surface area (Å²) >= 11 is 0. The Labute approximate surface area is 120 Å². The molecular weight excluding hydrogens is 272 g/mol. The first-order chi connectivity index (χ1) is 10.2. The third-order valence-electron chi connectivity index (χ3n) is 2.88. The first-order valence-corrected chi connectivity index (χ1v) is 6.51. The molecule has 0 unspecified atom stereocenters. The molecule has 7 heteroatoms. The summed E-state index contributed by atoms with van der Waals surface area (Å²) in [7, 11) is 1.56. The van der Waals surface area contributed by atoms with Gasteiger partial charge in [0.1, 0.15) is 5.52 Å². The number of nitrogens with one attached hydrogen (secondary N) is 1. The standard InChI is InChI=1S/C14H14N4O3/c1-3-20-11-8-12(19)18(2)17-13(11)16-14-15-9-6-4-5-7-10(9)21-14/h4-8H,3H2,1-2H3,(H,15,16,17). The number of benzene rings is 1. The number of fused-ring (bicyclic) bond motifs is 1. The fourth-order valence-corrected chi connectivity index (χ4v) is 1.90. The third kappa shape index (κ3) is 2.58. The van der Waals surface area contributed by atoms with Crippen molar-refractivity contribution in [2.45, 2.75) is 6.92 Å². The summed E-state index contributed by atoms with van der Waals surface area (Å²) in [6, 6.07) is 9.09. The normalized spacial score (nSPS) is 10.8. The zero-order valence-electron chi connectivity index (χ0n) is 11.7. The molecule has 108 valence electrons. The van der Waals surface area contributed by atoms with Crippen molar-refractivity contribution in [3.8, 4) is 5.75 Å². The molecule has 7 nitrogen and oxygen atoms in total. The molecule has 0 spiro atoms. The highest BCUT2D eigenvalue weighted by Crippen LogP contribution is 2.25. The van der Waals surface area contributed by atoms with Crippen molar-refractivity contribution in [3.05, 3.63) is 40.7 Å². The topological polar surface area (TPSA) is 82.2 Å². The Kier molecular flexibility index (Phi) is 3.31. The molecule has 2 aromatic heterocycles. The molecule has 1 N–H and O–H groups in total. The van der Waals surface area contributed by atoms with Crippen LogP contribution in [0.15, 0.2) is 39.5 Å². The van der Waals surface area contributed by atoms with E-state index < -0.39 is 0 Å². The van der Waals surface area contributed by atoms with E-state index in [9.17, 15) is 4.79 Å². The van der Waals surface area contributed by atoms with Crippen LogP contribution in [0.4, 0.5) is 11.8 Å². The van der Waals surface area contributed by atoms with Gasteiger partial charge in [-0.25, -0.2) is 4.68 Å². The minimum absolute atomic E-state index is 0.249. The van der Waals surface area contributed by atoms with E-state index in [4.69, 9.17) is 9.15 Å². The number of hydrogen-bond donors (Lipinski definition) is 1. The van der Waals surface area contributed by atoms with Crippen LogP contribution < -0.4 is 15.6 Å². The molecule has 2 heterocycles. The highest BCUT2D eigenvalue weighted by Gasteiger charge is 2.12. The lowest BCUT2D eigenvalue weighted by atomic mass is 10.3. The van der Waals surface area contributed by atoms with Gasteiger partial charge in [-0.05, 0) is 19.1 Å². The Bertz CT molecular complexity index is 805. The lowest BCUT2D eigenvalue weighted by Crippen LogP contribution is -2.20. The van der Waals surface area contributed by atoms with E-state index in [2.05, 4.69) is 15.4 Å². The van der Waals surface area contributed by atoms with Crippen LogP contribution in [0.3, 0.4) is 0 Å². The highest BCUT2D eigenvalue weighted by atomic mass is 16.5. The Morgan fingerprint density at radius 1 is 1.38 bits per heavy atom. The van der Waals surface area contributed by atoms with Gasteiger partial charge in [-0.1, -0.05) is 12.1 Å². The van der Waals surface area contributed by atoms with Crippen molar-refractivity contribution < 1.29 is 9.15 Å². The molecular formula is C14H14N4O3. The van der Waals surface area contributed by atoms with E-state index in [0.717, 1.165) is 5.52 Å². The summed E-state index contributed by atoms with van der Waals surface area (Å²) in [6.07, 6.45) is 0. The zero-order chi connectivity index (χ0) is 14.8. The minimum atomic E-state index is -0.249. The number of nitrogens with zero attached hydrogens (tertiary/aromatic N) is 3. The fourth-order valence-electron chi connectivity index (χ4n) is 1.90. The van der Waals surface area contributed by atoms with Crippen molar-refractivity contribution in [3.63, 3.8) is 0 Å². The van der Waals surface area contributed by atoms with Crippen LogP contribution in [0.25, 0.3) is 11.1 Å². The Morgan fingerprint density at radius 3 is 2.95 bits per heavy atom. The van der Waals surface area contributed by atoms with E-state index >= 15 is 0 Å². The van der Waals surface area contributed by atoms with Crippen molar-refractivity contribution in [1.29, 1.82) is 0 Å². The van der Waals surface area contributed by atoms with E-state index in [1.54, 1.807) is 7.05 Å². The summed E-state index contributed by atoms with van der Waals surface area (Å²) in [4.78, 5) is 15.9. The van der Waals surface area contributed by atoms with Gasteiger partial charge in [0.15, 0.2) is 17.2 Å². The van der Waals surface area contributed by atoms with Gasteiger partial charge in [0, 0.05) is 7.05 Å². The predicted molar refractivity (Wildman–Crippen MR) is 77.9 cm³/mol. The molecule has 21 heavy (non-hydrogen) atoms. The summed E-state index contributed by atoms with van der Waals surface area (Å²) in [6.45, 7) is 2.26. The second-order valence-corrected chi connectivity index (χ2v) is 4.36. The average Bonchev–Trinajstić information content (AvgIpc) is 2.87. The average molecular weight is 286 g/mol. The van der Waals surface area contributed by atoms with Crippen LogP contribution in [-0.4, -0.2) is 21.4 Å². The molecule has 1 aromatic carbocycles. The van der Waals surface area contributed by atoms with Gasteiger partial charge >= 0.3 is 6.01 Å². The largest absolute Gasteiger partial charge is 0.490 e. The molecule has 3 aromatic rings. The first kappa shape index (κ1) is 13.2. The Morgan fingerprint density at radius 2 is 2.19 bits per heavy atom. The van der Waals surface area contributed by atoms with Crippen molar-refractivity contribution >= 4 is 22.9 Å². The highest BCUT2D eigenvalue weighted by molar-refractivity contribution is 5.75. The molecule has 0 aliphatic rings. The van der Waals surface area contributed by atoms with Gasteiger partial charge < -0.3 is 9.15 Å². The van der Waals surface area contributed by atoms with E-state index in [-0.39, 0.29) is 5.56 Å². The van der Waals surface area contributed by atoms with Gasteiger partial charge in [0.25, 0.3) is 5.56 Å². The first-order valence-electron chi connectivity index (χ1n) is 6.51. The van der Waals surface area contributed by atoms with Gasteiger partial charge in [-0.3, -0.25) is 10.1 Å². The molecule has 0 aliphatic carbocycles. The predicted octanol–water partition coefficient (Wildman–Crippen LogP) is 2.06. The maximum Gasteiger partial charge on any atom is 0.301 e. The van der Waals surface area contributed by atoms with Crippen LogP contribution in [0.5, 0.6) is 5.75 Å². The monoisotopic (exact) mass is 286 g/mol. The number of oxazole rings is 1. The number of rotatable bonds is 4. The number of anilines is 2. The third-order valence-corrected chi connectivity index (χ3v) is 2.88. The smallest absolute Gasteiger partial charge is 0.301 e. The quantitative estimate of drug-likeness (QED) is 0.790. The van der Waals surface area contributed by atoms with E-state index in [1.165, 1.54) is 10.7 Å². The second kappa shape index (κ2) is 5.28. The van der Waals surface area contributed by atoms with Gasteiger partial charge in [-0.2, -0.15) is 4.98 Å². The molecule has 3 rings (SSSR count). The van der Waals surface area contributed by atoms with Gasteiger partial charge in [0.2, 0.25) is 0 Å². The molecule has 0 saturated carbocycles. The van der Waals surface area contributed by atoms with Crippen molar-refractivity contribution in [2.24, 2.45) is 7.05 Å². The summed E-state index contributed by atoms with van der Waals surface area (Å²) in [5.74, 6) is 0.744. The molecule has 0 radical (unpaired) electrons. The molecule has 0 amide bonds. The Hall–Kier alpha value is -2.83. The molecule has 0 aliphatic heterocycles. The molecule has 0 atom stereocenters. The number of ether oxygens (including phenoxy) is 1. The summed E-state index contributed by atoms with van der Waals surface area (Å²) in [5, 5.41) is 7.07. The van der Waals surface area contributed by atoms with Crippen LogP contribution in [0, 0.1) is 0 Å². The van der Waals surface area contributed by atoms with Gasteiger partial charge in [0.05, 0.1) is 12.7 Å². The van der Waals surface area contributed by atoms with Crippen LogP contribution in [0.2, 0.25) is 0 Å². The molecule has 0 fully saturated rings. The van der Waals surface area contributed by atoms with E-state index in [1.807, 2.05) is 31.2 Å². The number of para-hydroxylation sites is 2. The van der Waals surface area contributed by atoms with Crippen LogP contribution >= 0.6 is 0 Å². The number of aryl methyl sites for hydroxylation is 1. The summed E-state index contributed by atoms with van der Waals surface area (Å²) in [5.41, 5.74) is 1.16. The minimum Gasteiger partial charge on any atom is -0.490 e. The molecule has 0 bridgehead atoms. The number of hydrogen-bond acceptors (Lipinski definition) is 6. The van der Waals surface area contributed by atoms with Crippen LogP contribution in [0.1, 0.15) is 6.92 Å². The molecule has 0 saturated heterocycles. The fraction of sp³-hybridized carbons (Fsp3) is 0.214. The second-order valence-electron chi connectivity index (χ2n) is 4.36. The van der Waals surface area contributed by atoms with Crippen molar-refractivity contribution in [2.75, 3.05) is 11.9 Å². The lowest BCUT2D eigenvalue weighted by Gasteiger charge is -2.09. The maximum atomic E-state index is 11.6. The SMILES string of the molecule is CCOc1cc(=O)n(C)nc1Nc1nc2ccccc2o1. The number of aromatic nitrogens is 3. The van der Waals surface area contributed by atoms with Crippen molar-refractivity contribution in [1.82, 2.24) is 14.8 Å².